The number of nitrogen functional groups attached to an aromatic ring is 1. The zero-order valence-corrected chi connectivity index (χ0v) is 20.8. The summed E-state index contributed by atoms with van der Waals surface area (Å²) in [5.74, 6) is -1.69. The fraction of sp³-hybridized carbons (Fsp3) is 0.250. The first-order valence-corrected chi connectivity index (χ1v) is 13.2. The molecule has 7 N–H and O–H groups in total. The highest BCUT2D eigenvalue weighted by Crippen LogP contribution is 2.44. The number of carbonyl (C=O) groups is 3. The number of carboxylic acid groups (broad SMARTS) is 1. The van der Waals surface area contributed by atoms with Gasteiger partial charge < -0.3 is 27.1 Å². The number of amides is 2. The molecule has 1 fully saturated rings. The van der Waals surface area contributed by atoms with Gasteiger partial charge in [-0.25, -0.2) is 19.7 Å². The first kappa shape index (κ1) is 25.7. The molecule has 2 unspecified atom stereocenters. The molecular formula is C20H20N8O5S3. The van der Waals surface area contributed by atoms with E-state index in [4.69, 9.17) is 11.5 Å². The third kappa shape index (κ3) is 5.25. The van der Waals surface area contributed by atoms with E-state index in [1.54, 1.807) is 12.3 Å². The van der Waals surface area contributed by atoms with Crippen LogP contribution in [0.15, 0.2) is 56.4 Å². The van der Waals surface area contributed by atoms with Crippen LogP contribution in [-0.2, 0) is 14.4 Å². The molecule has 2 aliphatic rings. The number of β-lactam (4-membered cyclic amide) rings is 1. The van der Waals surface area contributed by atoms with E-state index in [0.29, 0.717) is 27.4 Å². The molecule has 0 aliphatic carbocycles. The van der Waals surface area contributed by atoms with Crippen LogP contribution in [0.3, 0.4) is 0 Å². The van der Waals surface area contributed by atoms with Crippen LogP contribution < -0.4 is 16.8 Å². The molecule has 0 bridgehead atoms. The van der Waals surface area contributed by atoms with Gasteiger partial charge in [-0.1, -0.05) is 34.7 Å². The van der Waals surface area contributed by atoms with Crippen molar-refractivity contribution in [1.29, 1.82) is 0 Å². The van der Waals surface area contributed by atoms with Gasteiger partial charge in [0, 0.05) is 29.2 Å². The molecule has 0 aromatic carbocycles. The number of nitrogens with one attached hydrogen (secondary N) is 1. The smallest absolute Gasteiger partial charge is 0.353 e. The van der Waals surface area contributed by atoms with Crippen LogP contribution >= 0.6 is 35.3 Å². The molecular weight excluding hydrogens is 528 g/mol. The summed E-state index contributed by atoms with van der Waals surface area (Å²) in [6.07, 6.45) is 1.57. The first-order chi connectivity index (χ1) is 17.3. The molecule has 1 saturated heterocycles. The molecule has 0 spiro atoms. The second kappa shape index (κ2) is 11.2. The number of anilines is 1. The van der Waals surface area contributed by atoms with Crippen LogP contribution in [0.25, 0.3) is 0 Å². The van der Waals surface area contributed by atoms with Gasteiger partial charge in [-0.15, -0.1) is 11.8 Å². The molecule has 4 heterocycles. The van der Waals surface area contributed by atoms with E-state index in [9.17, 15) is 24.7 Å². The molecule has 2 aromatic heterocycles. The van der Waals surface area contributed by atoms with Crippen molar-refractivity contribution in [3.8, 4) is 0 Å². The van der Waals surface area contributed by atoms with Gasteiger partial charge in [0.15, 0.2) is 10.9 Å². The number of carbonyl (C=O) groups excluding carboxylic acids is 2. The lowest BCUT2D eigenvalue weighted by Crippen LogP contribution is -2.71. The Bertz CT molecular complexity index is 1270. The molecule has 2 amide bonds. The second-order valence-corrected chi connectivity index (χ2v) is 10.5. The Balaban J connectivity index is 1.51. The topological polar surface area (TPSA) is 210 Å². The number of aromatic nitrogens is 3. The van der Waals surface area contributed by atoms with E-state index >= 15 is 0 Å². The van der Waals surface area contributed by atoms with E-state index in [0.717, 1.165) is 16.7 Å². The van der Waals surface area contributed by atoms with Crippen LogP contribution in [0.4, 0.5) is 5.82 Å². The maximum atomic E-state index is 12.9. The van der Waals surface area contributed by atoms with E-state index in [1.165, 1.54) is 41.7 Å². The Morgan fingerprint density at radius 1 is 1.31 bits per heavy atom. The number of oxime groups is 1. The standard InChI is InChI=1S/C20H20N8O5S3/c21-5-7-34-20-23-6-4-12(25-20)36-10-8-35-18-14(17(30)28(18)15(10)19(31)32)26-16(29)13(27-33)9-2-1-3-11(22)24-9/h1-4,6,14,18,33H,5,7-8,21H2,(H2,22,24)(H,26,29)(H,31,32)/b27-13-. The van der Waals surface area contributed by atoms with Crippen LogP contribution in [-0.4, -0.2) is 83.1 Å². The van der Waals surface area contributed by atoms with Crippen LogP contribution in [0.2, 0.25) is 0 Å². The lowest BCUT2D eigenvalue weighted by atomic mass is 10.0. The summed E-state index contributed by atoms with van der Waals surface area (Å²) in [4.78, 5) is 51.9. The maximum Gasteiger partial charge on any atom is 0.353 e. The van der Waals surface area contributed by atoms with Gasteiger partial charge >= 0.3 is 5.97 Å². The minimum atomic E-state index is -1.27. The molecule has 4 rings (SSSR count). The predicted molar refractivity (Wildman–Crippen MR) is 134 cm³/mol. The summed E-state index contributed by atoms with van der Waals surface area (Å²) in [5.41, 5.74) is 10.6. The van der Waals surface area contributed by atoms with Gasteiger partial charge in [0.05, 0.1) is 0 Å². The van der Waals surface area contributed by atoms with Gasteiger partial charge in [0.1, 0.15) is 33.7 Å². The predicted octanol–water partition coefficient (Wildman–Crippen LogP) is 0.171. The highest BCUT2D eigenvalue weighted by molar-refractivity contribution is 8.06. The SMILES string of the molecule is NCCSc1nccc(SC2=C(C(=O)O)N3C(=O)C(NC(=O)/C(=N\O)c4cccc(N)n4)C3SC2)n1. The number of hydrogen-bond acceptors (Lipinski definition) is 13. The van der Waals surface area contributed by atoms with Crippen molar-refractivity contribution in [2.45, 2.75) is 21.6 Å². The van der Waals surface area contributed by atoms with E-state index < -0.39 is 34.9 Å². The molecule has 188 valence electrons. The van der Waals surface area contributed by atoms with Crippen molar-refractivity contribution in [1.82, 2.24) is 25.2 Å². The molecule has 0 saturated carbocycles. The van der Waals surface area contributed by atoms with Crippen molar-refractivity contribution in [3.63, 3.8) is 0 Å². The van der Waals surface area contributed by atoms with Crippen molar-refractivity contribution in [2.24, 2.45) is 10.9 Å². The number of nitrogens with two attached hydrogens (primary N) is 2. The number of rotatable bonds is 9. The van der Waals surface area contributed by atoms with Crippen molar-refractivity contribution in [2.75, 3.05) is 23.8 Å². The highest BCUT2D eigenvalue weighted by Gasteiger charge is 2.54. The Morgan fingerprint density at radius 3 is 2.81 bits per heavy atom. The summed E-state index contributed by atoms with van der Waals surface area (Å²) in [6, 6.07) is 5.10. The zero-order chi connectivity index (χ0) is 25.8. The van der Waals surface area contributed by atoms with Gasteiger partial charge in [-0.3, -0.25) is 14.5 Å². The summed E-state index contributed by atoms with van der Waals surface area (Å²) < 4.78 is 0. The third-order valence-corrected chi connectivity index (χ3v) is 8.31. The number of hydrogen-bond donors (Lipinski definition) is 5. The fourth-order valence-corrected chi connectivity index (χ4v) is 6.49. The molecule has 36 heavy (non-hydrogen) atoms. The summed E-state index contributed by atoms with van der Waals surface area (Å²) in [5, 5.41) is 25.1. The van der Waals surface area contributed by atoms with Crippen molar-refractivity contribution in [3.05, 3.63) is 46.8 Å². The lowest BCUT2D eigenvalue weighted by molar-refractivity contribution is -0.150. The average molecular weight is 549 g/mol. The molecule has 2 aromatic rings. The Labute approximate surface area is 217 Å². The number of pyridine rings is 1. The quantitative estimate of drug-likeness (QED) is 0.0539. The second-order valence-electron chi connectivity index (χ2n) is 7.25. The monoisotopic (exact) mass is 548 g/mol. The maximum absolute atomic E-state index is 12.9. The molecule has 0 radical (unpaired) electrons. The van der Waals surface area contributed by atoms with Gasteiger partial charge in [-0.2, -0.15) is 0 Å². The van der Waals surface area contributed by atoms with Crippen LogP contribution in [0.5, 0.6) is 0 Å². The van der Waals surface area contributed by atoms with Crippen molar-refractivity contribution >= 4 is 64.6 Å². The van der Waals surface area contributed by atoms with Gasteiger partial charge in [0.25, 0.3) is 11.8 Å². The minimum absolute atomic E-state index is 0.0218. The first-order valence-electron chi connectivity index (χ1n) is 10.3. The minimum Gasteiger partial charge on any atom is -0.477 e. The summed E-state index contributed by atoms with van der Waals surface area (Å²) >= 11 is 3.82. The zero-order valence-electron chi connectivity index (χ0n) is 18.4. The van der Waals surface area contributed by atoms with Gasteiger partial charge in [0.2, 0.25) is 0 Å². The van der Waals surface area contributed by atoms with E-state index in [1.807, 2.05) is 0 Å². The number of fused-ring (bicyclic) bond motifs is 1. The number of nitrogens with zero attached hydrogens (tertiary/aromatic N) is 5. The molecule has 2 aliphatic heterocycles. The fourth-order valence-electron chi connectivity index (χ4n) is 3.40. The van der Waals surface area contributed by atoms with E-state index in [2.05, 4.69) is 25.4 Å². The average Bonchev–Trinajstić information content (AvgIpc) is 2.86. The normalized spacial score (nSPS) is 19.5. The third-order valence-electron chi connectivity index (χ3n) is 4.94. The Hall–Kier alpha value is -3.34. The van der Waals surface area contributed by atoms with Gasteiger partial charge in [-0.05, 0) is 18.2 Å². The van der Waals surface area contributed by atoms with E-state index in [-0.39, 0.29) is 23.0 Å². The molecule has 13 nitrogen and oxygen atoms in total. The summed E-state index contributed by atoms with van der Waals surface area (Å²) in [7, 11) is 0. The highest BCUT2D eigenvalue weighted by atomic mass is 32.2. The summed E-state index contributed by atoms with van der Waals surface area (Å²) in [6.45, 7) is 0.466. The molecule has 16 heteroatoms. The Kier molecular flexibility index (Phi) is 7.97. The number of aliphatic carboxylic acids is 1. The molecule has 2 atom stereocenters. The lowest BCUT2D eigenvalue weighted by Gasteiger charge is -2.49. The van der Waals surface area contributed by atoms with Crippen LogP contribution in [0, 0.1) is 0 Å². The number of thioether (sulfide) groups is 3. The number of carboxylic acids is 1. The van der Waals surface area contributed by atoms with Crippen molar-refractivity contribution < 1.29 is 24.7 Å². The van der Waals surface area contributed by atoms with Crippen LogP contribution in [0.1, 0.15) is 5.69 Å². The Morgan fingerprint density at radius 2 is 2.11 bits per heavy atom. The largest absolute Gasteiger partial charge is 0.477 e.